The van der Waals surface area contributed by atoms with Crippen LogP contribution in [0, 0.1) is 0 Å². The van der Waals surface area contributed by atoms with Gasteiger partial charge in [0.15, 0.2) is 0 Å². The number of hydrogen-bond acceptors (Lipinski definition) is 2. The van der Waals surface area contributed by atoms with Gasteiger partial charge in [0, 0.05) is 0 Å². The van der Waals surface area contributed by atoms with Gasteiger partial charge < -0.3 is 0 Å². The van der Waals surface area contributed by atoms with E-state index in [4.69, 9.17) is 0 Å². The topological polar surface area (TPSA) is 30.7 Å². The molecule has 0 unspecified atom stereocenters. The Morgan fingerprint density at radius 2 is 2.10 bits per heavy atom. The van der Waals surface area contributed by atoms with Crippen molar-refractivity contribution in [2.75, 3.05) is 0 Å². The molecule has 1 heterocycles. The molecule has 1 aromatic heterocycles. The smallest absolute Gasteiger partial charge is 0.157 e. The lowest BCUT2D eigenvalue weighted by atomic mass is 10.9. The monoisotopic (exact) mass is 215 g/mol. The van der Waals surface area contributed by atoms with Crippen LogP contribution in [0.15, 0.2) is 10.8 Å². The van der Waals surface area contributed by atoms with E-state index in [0.717, 1.165) is 6.20 Å². The molecule has 56 valence electrons. The van der Waals surface area contributed by atoms with E-state index < -0.39 is 6.30 Å². The van der Waals surface area contributed by atoms with Crippen molar-refractivity contribution in [3.05, 3.63) is 10.8 Å². The molecule has 0 spiro atoms. The summed E-state index contributed by atoms with van der Waals surface area (Å²) < 4.78 is 34.8. The molecule has 1 rings (SSSR count). The minimum absolute atomic E-state index is 0.0600. The summed E-state index contributed by atoms with van der Waals surface area (Å²) in [5.41, 5.74) is 0. The van der Waals surface area contributed by atoms with Gasteiger partial charge in [-0.2, -0.15) is 4.68 Å². The molecule has 7 heteroatoms. The number of nitrogens with zero attached hydrogens (tertiary/aromatic N) is 3. The van der Waals surface area contributed by atoms with Crippen molar-refractivity contribution in [3.8, 4) is 0 Å². The predicted molar refractivity (Wildman–Crippen MR) is 29.0 cm³/mol. The molecule has 0 fully saturated rings. The Labute approximate surface area is 62.0 Å². The fourth-order valence-corrected chi connectivity index (χ4v) is 0.632. The van der Waals surface area contributed by atoms with Crippen LogP contribution in [0.25, 0.3) is 0 Å². The Balaban J connectivity index is 2.96. The molecule has 0 saturated carbocycles. The molecule has 0 N–H and O–H groups in total. The van der Waals surface area contributed by atoms with Gasteiger partial charge in [-0.1, -0.05) is 5.21 Å². The first kappa shape index (κ1) is 7.52. The summed E-state index contributed by atoms with van der Waals surface area (Å²) in [5, 5.41) is 5.87. The first-order valence-electron chi connectivity index (χ1n) is 2.15. The first-order chi connectivity index (χ1) is 4.50. The van der Waals surface area contributed by atoms with E-state index in [9.17, 15) is 13.2 Å². The molecule has 0 amide bonds. The van der Waals surface area contributed by atoms with Crippen LogP contribution >= 0.6 is 15.9 Å². The van der Waals surface area contributed by atoms with E-state index >= 15 is 0 Å². The van der Waals surface area contributed by atoms with Crippen LogP contribution in [0.5, 0.6) is 0 Å². The molecule has 0 atom stereocenters. The maximum absolute atomic E-state index is 11.6. The van der Waals surface area contributed by atoms with Crippen molar-refractivity contribution in [1.82, 2.24) is 15.0 Å². The lowest BCUT2D eigenvalue weighted by Gasteiger charge is -2.01. The van der Waals surface area contributed by atoms with Gasteiger partial charge in [0.05, 0.1) is 6.20 Å². The van der Waals surface area contributed by atoms with Crippen LogP contribution < -0.4 is 0 Å². The first-order valence-corrected chi connectivity index (χ1v) is 2.94. The minimum Gasteiger partial charge on any atom is -0.157 e. The van der Waals surface area contributed by atoms with Crippen LogP contribution in [-0.2, 0) is 6.30 Å². The normalized spacial score (nSPS) is 12.0. The van der Waals surface area contributed by atoms with E-state index in [0.29, 0.717) is 0 Å². The number of rotatable bonds is 0. The lowest BCUT2D eigenvalue weighted by molar-refractivity contribution is -0.213. The Morgan fingerprint density at radius 3 is 2.30 bits per heavy atom. The summed E-state index contributed by atoms with van der Waals surface area (Å²) >= 11 is 2.73. The average Bonchev–Trinajstić information content (AvgIpc) is 2.11. The number of alkyl halides is 3. The number of halogens is 4. The van der Waals surface area contributed by atoms with Crippen molar-refractivity contribution in [2.45, 2.75) is 6.30 Å². The predicted octanol–water partition coefficient (Wildman–Crippen LogP) is 1.52. The maximum Gasteiger partial charge on any atom is 0.505 e. The highest BCUT2D eigenvalue weighted by Gasteiger charge is 2.31. The standard InChI is InChI=1S/C3HBrF3N3/c4-2-1-10(9-8-2)3(5,6)7/h1H. The fraction of sp³-hybridized carbons (Fsp3) is 0.333. The van der Waals surface area contributed by atoms with Gasteiger partial charge in [0.1, 0.15) is 4.60 Å². The zero-order valence-electron chi connectivity index (χ0n) is 4.43. The molecule has 10 heavy (non-hydrogen) atoms. The van der Waals surface area contributed by atoms with Crippen LogP contribution in [0.1, 0.15) is 0 Å². The Kier molecular flexibility index (Phi) is 1.67. The van der Waals surface area contributed by atoms with E-state index in [1.807, 2.05) is 0 Å². The van der Waals surface area contributed by atoms with Crippen molar-refractivity contribution in [1.29, 1.82) is 0 Å². The third kappa shape index (κ3) is 1.47. The maximum atomic E-state index is 11.6. The minimum atomic E-state index is -4.47. The average molecular weight is 216 g/mol. The fourth-order valence-electron chi connectivity index (χ4n) is 0.367. The second-order valence-electron chi connectivity index (χ2n) is 1.45. The summed E-state index contributed by atoms with van der Waals surface area (Å²) in [6, 6.07) is 0. The molecule has 0 aromatic carbocycles. The number of aromatic nitrogens is 3. The van der Waals surface area contributed by atoms with E-state index in [-0.39, 0.29) is 9.28 Å². The second-order valence-corrected chi connectivity index (χ2v) is 2.27. The second kappa shape index (κ2) is 2.22. The third-order valence-electron chi connectivity index (χ3n) is 0.725. The van der Waals surface area contributed by atoms with E-state index in [1.165, 1.54) is 0 Å². The molecule has 0 saturated heterocycles. The highest BCUT2D eigenvalue weighted by atomic mass is 79.9. The summed E-state index contributed by atoms with van der Waals surface area (Å²) in [6.45, 7) is 0. The van der Waals surface area contributed by atoms with Gasteiger partial charge in [-0.05, 0) is 15.9 Å². The highest BCUT2D eigenvalue weighted by molar-refractivity contribution is 9.10. The Hall–Kier alpha value is -0.590. The Morgan fingerprint density at radius 1 is 1.50 bits per heavy atom. The summed E-state index contributed by atoms with van der Waals surface area (Å²) in [4.78, 5) is 0. The quantitative estimate of drug-likeness (QED) is 0.658. The third-order valence-corrected chi connectivity index (χ3v) is 1.09. The molecule has 0 aliphatic carbocycles. The van der Waals surface area contributed by atoms with Gasteiger partial charge in [0.25, 0.3) is 0 Å². The Bertz CT molecular complexity index is 229. The summed E-state index contributed by atoms with van der Waals surface area (Å²) in [6.07, 6.45) is -3.74. The molecular weight excluding hydrogens is 215 g/mol. The van der Waals surface area contributed by atoms with Crippen molar-refractivity contribution in [2.24, 2.45) is 0 Å². The molecule has 1 aromatic rings. The van der Waals surface area contributed by atoms with Gasteiger partial charge in [-0.3, -0.25) is 0 Å². The molecule has 0 aliphatic rings. The molecule has 0 aliphatic heterocycles. The lowest BCUT2D eigenvalue weighted by Crippen LogP contribution is -2.16. The van der Waals surface area contributed by atoms with Crippen LogP contribution in [0.4, 0.5) is 13.2 Å². The van der Waals surface area contributed by atoms with Gasteiger partial charge in [-0.25, -0.2) is 0 Å². The van der Waals surface area contributed by atoms with Crippen LogP contribution in [0.3, 0.4) is 0 Å². The largest absolute Gasteiger partial charge is 0.505 e. The van der Waals surface area contributed by atoms with Crippen molar-refractivity contribution in [3.63, 3.8) is 0 Å². The highest BCUT2D eigenvalue weighted by Crippen LogP contribution is 2.21. The van der Waals surface area contributed by atoms with E-state index in [2.05, 4.69) is 26.2 Å². The van der Waals surface area contributed by atoms with Crippen molar-refractivity contribution >= 4 is 15.9 Å². The molecule has 3 nitrogen and oxygen atoms in total. The van der Waals surface area contributed by atoms with Crippen LogP contribution in [-0.4, -0.2) is 15.0 Å². The summed E-state index contributed by atoms with van der Waals surface area (Å²) in [5.74, 6) is 0. The van der Waals surface area contributed by atoms with E-state index in [1.54, 1.807) is 0 Å². The van der Waals surface area contributed by atoms with Crippen LogP contribution in [0.2, 0.25) is 0 Å². The zero-order chi connectivity index (χ0) is 7.78. The number of hydrogen-bond donors (Lipinski definition) is 0. The van der Waals surface area contributed by atoms with Gasteiger partial charge in [-0.15, -0.1) is 18.3 Å². The van der Waals surface area contributed by atoms with Gasteiger partial charge in [0.2, 0.25) is 0 Å². The zero-order valence-corrected chi connectivity index (χ0v) is 6.02. The molecular formula is C3HBrF3N3. The SMILES string of the molecule is FC(F)(F)n1cc(Br)nn1. The molecule has 0 bridgehead atoms. The summed E-state index contributed by atoms with van der Waals surface area (Å²) in [7, 11) is 0. The van der Waals surface area contributed by atoms with Gasteiger partial charge >= 0.3 is 6.30 Å². The van der Waals surface area contributed by atoms with Crippen molar-refractivity contribution < 1.29 is 13.2 Å². The molecule has 0 radical (unpaired) electrons.